The lowest BCUT2D eigenvalue weighted by molar-refractivity contribution is 0.322. The highest BCUT2D eigenvalue weighted by atomic mass is 19.1. The Balaban J connectivity index is 1.79. The molecule has 15 heavy (non-hydrogen) atoms. The lowest BCUT2D eigenvalue weighted by Crippen LogP contribution is -2.22. The monoisotopic (exact) mass is 205 g/mol. The number of hydrogen-bond acceptors (Lipinski definition) is 1. The first-order valence-corrected chi connectivity index (χ1v) is 5.82. The van der Waals surface area contributed by atoms with Gasteiger partial charge in [0.15, 0.2) is 0 Å². The molecule has 0 N–H and O–H groups in total. The average molecular weight is 205 g/mol. The third-order valence-corrected chi connectivity index (χ3v) is 3.83. The van der Waals surface area contributed by atoms with Crippen LogP contribution in [-0.2, 0) is 0 Å². The second-order valence-electron chi connectivity index (χ2n) is 4.78. The molecular weight excluding hydrogens is 189 g/mol. The maximum atomic E-state index is 13.1. The van der Waals surface area contributed by atoms with Gasteiger partial charge < -0.3 is 0 Å². The smallest absolute Gasteiger partial charge is 0.123 e. The fourth-order valence-corrected chi connectivity index (χ4v) is 3.09. The molecular formula is C13H16FN. The van der Waals surface area contributed by atoms with E-state index in [0.29, 0.717) is 5.92 Å². The third-order valence-electron chi connectivity index (χ3n) is 3.83. The Labute approximate surface area is 89.9 Å². The molecule has 2 saturated heterocycles. The predicted molar refractivity (Wildman–Crippen MR) is 58.4 cm³/mol. The molecule has 2 aliphatic rings. The molecule has 2 heteroatoms. The summed E-state index contributed by atoms with van der Waals surface area (Å²) >= 11 is 0. The highest BCUT2D eigenvalue weighted by Crippen LogP contribution is 2.36. The van der Waals surface area contributed by atoms with Crippen LogP contribution in [0.1, 0.15) is 30.7 Å². The van der Waals surface area contributed by atoms with Gasteiger partial charge in [0.1, 0.15) is 5.82 Å². The van der Waals surface area contributed by atoms with Crippen LogP contribution in [0.4, 0.5) is 4.39 Å². The van der Waals surface area contributed by atoms with Crippen molar-refractivity contribution in [2.24, 2.45) is 0 Å². The topological polar surface area (TPSA) is 3.24 Å². The van der Waals surface area contributed by atoms with Gasteiger partial charge in [0.25, 0.3) is 0 Å². The molecule has 2 aliphatic heterocycles. The van der Waals surface area contributed by atoms with Crippen molar-refractivity contribution in [2.45, 2.75) is 31.2 Å². The van der Waals surface area contributed by atoms with Crippen LogP contribution < -0.4 is 0 Å². The molecule has 1 aromatic rings. The SMILES string of the molecule is Fc1cccc(C2CC3CCCN3C2)c1. The summed E-state index contributed by atoms with van der Waals surface area (Å²) in [5.41, 5.74) is 1.18. The molecule has 3 rings (SSSR count). The first kappa shape index (κ1) is 9.34. The molecule has 0 amide bonds. The van der Waals surface area contributed by atoms with Gasteiger partial charge in [0, 0.05) is 12.6 Å². The molecule has 0 radical (unpaired) electrons. The van der Waals surface area contributed by atoms with Gasteiger partial charge in [0.05, 0.1) is 0 Å². The van der Waals surface area contributed by atoms with Gasteiger partial charge >= 0.3 is 0 Å². The summed E-state index contributed by atoms with van der Waals surface area (Å²) in [6.45, 7) is 2.38. The summed E-state index contributed by atoms with van der Waals surface area (Å²) in [5, 5.41) is 0. The van der Waals surface area contributed by atoms with E-state index in [1.54, 1.807) is 6.07 Å². The first-order valence-electron chi connectivity index (χ1n) is 5.82. The van der Waals surface area contributed by atoms with Crippen molar-refractivity contribution in [2.75, 3.05) is 13.1 Å². The van der Waals surface area contributed by atoms with Gasteiger partial charge in [-0.05, 0) is 49.4 Å². The number of hydrogen-bond donors (Lipinski definition) is 0. The molecule has 1 nitrogen and oxygen atoms in total. The number of benzene rings is 1. The van der Waals surface area contributed by atoms with E-state index >= 15 is 0 Å². The fourth-order valence-electron chi connectivity index (χ4n) is 3.09. The van der Waals surface area contributed by atoms with Gasteiger partial charge in [-0.3, -0.25) is 4.90 Å². The van der Waals surface area contributed by atoms with Crippen molar-refractivity contribution in [3.63, 3.8) is 0 Å². The van der Waals surface area contributed by atoms with Crippen molar-refractivity contribution in [3.05, 3.63) is 35.6 Å². The van der Waals surface area contributed by atoms with Crippen molar-refractivity contribution in [3.8, 4) is 0 Å². The van der Waals surface area contributed by atoms with Crippen LogP contribution in [0.2, 0.25) is 0 Å². The average Bonchev–Trinajstić information content (AvgIpc) is 2.76. The largest absolute Gasteiger partial charge is 0.300 e. The van der Waals surface area contributed by atoms with Crippen LogP contribution >= 0.6 is 0 Å². The summed E-state index contributed by atoms with van der Waals surface area (Å²) < 4.78 is 13.1. The van der Waals surface area contributed by atoms with Gasteiger partial charge in [-0.2, -0.15) is 0 Å². The summed E-state index contributed by atoms with van der Waals surface area (Å²) in [6, 6.07) is 7.90. The maximum absolute atomic E-state index is 13.1. The summed E-state index contributed by atoms with van der Waals surface area (Å²) in [4.78, 5) is 2.57. The number of nitrogens with zero attached hydrogens (tertiary/aromatic N) is 1. The quantitative estimate of drug-likeness (QED) is 0.681. The number of halogens is 1. The zero-order valence-corrected chi connectivity index (χ0v) is 8.82. The standard InChI is InChI=1S/C13H16FN/c14-12-4-1-3-10(7-12)11-8-13-5-2-6-15(13)9-11/h1,3-4,7,11,13H,2,5-6,8-9H2. The van der Waals surface area contributed by atoms with Gasteiger partial charge in [-0.15, -0.1) is 0 Å². The molecule has 0 aromatic heterocycles. The summed E-state index contributed by atoms with van der Waals surface area (Å²) in [7, 11) is 0. The Morgan fingerprint density at radius 2 is 2.27 bits per heavy atom. The van der Waals surface area contributed by atoms with E-state index in [-0.39, 0.29) is 5.82 Å². The molecule has 2 heterocycles. The van der Waals surface area contributed by atoms with E-state index in [0.717, 1.165) is 12.6 Å². The molecule has 2 atom stereocenters. The Bertz CT molecular complexity index is 351. The minimum absolute atomic E-state index is 0.0976. The summed E-state index contributed by atoms with van der Waals surface area (Å²) in [6.07, 6.45) is 3.91. The maximum Gasteiger partial charge on any atom is 0.123 e. The van der Waals surface area contributed by atoms with Crippen molar-refractivity contribution >= 4 is 0 Å². The molecule has 2 unspecified atom stereocenters. The van der Waals surface area contributed by atoms with Crippen LogP contribution in [0.15, 0.2) is 24.3 Å². The normalized spacial score (nSPS) is 30.7. The minimum Gasteiger partial charge on any atom is -0.300 e. The first-order chi connectivity index (χ1) is 7.33. The molecule has 1 aromatic carbocycles. The van der Waals surface area contributed by atoms with E-state index in [1.807, 2.05) is 6.07 Å². The highest BCUT2D eigenvalue weighted by Gasteiger charge is 2.35. The zero-order chi connectivity index (χ0) is 10.3. The summed E-state index contributed by atoms with van der Waals surface area (Å²) in [5.74, 6) is 0.463. The van der Waals surface area contributed by atoms with Crippen LogP contribution in [-0.4, -0.2) is 24.0 Å². The Hall–Kier alpha value is -0.890. The second kappa shape index (κ2) is 3.60. The number of fused-ring (bicyclic) bond motifs is 1. The molecule has 0 aliphatic carbocycles. The Morgan fingerprint density at radius 1 is 1.33 bits per heavy atom. The van der Waals surface area contributed by atoms with Gasteiger partial charge in [0.2, 0.25) is 0 Å². The molecule has 0 spiro atoms. The third kappa shape index (κ3) is 1.67. The number of rotatable bonds is 1. The molecule has 80 valence electrons. The van der Waals surface area contributed by atoms with E-state index in [1.165, 1.54) is 37.4 Å². The van der Waals surface area contributed by atoms with E-state index in [2.05, 4.69) is 11.0 Å². The van der Waals surface area contributed by atoms with E-state index in [9.17, 15) is 4.39 Å². The molecule has 0 saturated carbocycles. The predicted octanol–water partition coefficient (Wildman–Crippen LogP) is 2.78. The van der Waals surface area contributed by atoms with Crippen LogP contribution in [0.3, 0.4) is 0 Å². The van der Waals surface area contributed by atoms with Crippen LogP contribution in [0.25, 0.3) is 0 Å². The van der Waals surface area contributed by atoms with E-state index < -0.39 is 0 Å². The van der Waals surface area contributed by atoms with Crippen molar-refractivity contribution in [1.29, 1.82) is 0 Å². The fraction of sp³-hybridized carbons (Fsp3) is 0.538. The van der Waals surface area contributed by atoms with E-state index in [4.69, 9.17) is 0 Å². The lowest BCUT2D eigenvalue weighted by atomic mass is 9.95. The van der Waals surface area contributed by atoms with Crippen molar-refractivity contribution in [1.82, 2.24) is 4.90 Å². The second-order valence-corrected chi connectivity index (χ2v) is 4.78. The minimum atomic E-state index is -0.0976. The molecule has 2 fully saturated rings. The molecule has 0 bridgehead atoms. The van der Waals surface area contributed by atoms with Crippen LogP contribution in [0.5, 0.6) is 0 Å². The van der Waals surface area contributed by atoms with Gasteiger partial charge in [-0.1, -0.05) is 12.1 Å². The van der Waals surface area contributed by atoms with Crippen LogP contribution in [0, 0.1) is 5.82 Å². The zero-order valence-electron chi connectivity index (χ0n) is 8.82. The lowest BCUT2D eigenvalue weighted by Gasteiger charge is -2.13. The highest BCUT2D eigenvalue weighted by molar-refractivity contribution is 5.23. The van der Waals surface area contributed by atoms with Gasteiger partial charge in [-0.25, -0.2) is 4.39 Å². The Morgan fingerprint density at radius 3 is 3.07 bits per heavy atom. The van der Waals surface area contributed by atoms with Crippen molar-refractivity contribution < 1.29 is 4.39 Å². The Kier molecular flexibility index (Phi) is 2.24.